The highest BCUT2D eigenvalue weighted by Gasteiger charge is 2.22. The number of hydrogen-bond acceptors (Lipinski definition) is 2. The monoisotopic (exact) mass is 275 g/mol. The Morgan fingerprint density at radius 2 is 1.80 bits per heavy atom. The van der Waals surface area contributed by atoms with Crippen LogP contribution in [-0.2, 0) is 17.6 Å². The van der Waals surface area contributed by atoms with Gasteiger partial charge in [-0.05, 0) is 37.8 Å². The van der Waals surface area contributed by atoms with Crippen LogP contribution in [0.25, 0.3) is 0 Å². The highest BCUT2D eigenvalue weighted by Crippen LogP contribution is 2.21. The molecule has 2 rings (SSSR count). The summed E-state index contributed by atoms with van der Waals surface area (Å²) in [5.41, 5.74) is 2.57. The minimum Gasteiger partial charge on any atom is -0.352 e. The lowest BCUT2D eigenvalue weighted by molar-refractivity contribution is -0.120. The first kappa shape index (κ1) is 14.4. The van der Waals surface area contributed by atoms with E-state index in [1.807, 2.05) is 26.0 Å². The molecule has 0 saturated carbocycles. The summed E-state index contributed by atoms with van der Waals surface area (Å²) in [7, 11) is 0. The van der Waals surface area contributed by atoms with Gasteiger partial charge in [0.25, 0.3) is 0 Å². The molecular weight excluding hydrogens is 254 g/mol. The zero-order valence-electron chi connectivity index (χ0n) is 11.9. The fourth-order valence-corrected chi connectivity index (χ4v) is 2.43. The highest BCUT2D eigenvalue weighted by molar-refractivity contribution is 5.84. The van der Waals surface area contributed by atoms with Crippen LogP contribution in [0.15, 0.2) is 24.3 Å². The maximum Gasteiger partial charge on any atom is 0.315 e. The summed E-state index contributed by atoms with van der Waals surface area (Å²) in [6.45, 7) is 3.77. The van der Waals surface area contributed by atoms with Gasteiger partial charge < -0.3 is 16.0 Å². The molecule has 5 nitrogen and oxygen atoms in total. The van der Waals surface area contributed by atoms with Crippen LogP contribution in [-0.4, -0.2) is 30.6 Å². The third-order valence-electron chi connectivity index (χ3n) is 3.25. The van der Waals surface area contributed by atoms with Crippen LogP contribution in [0, 0.1) is 0 Å². The van der Waals surface area contributed by atoms with Gasteiger partial charge in [-0.1, -0.05) is 24.3 Å². The van der Waals surface area contributed by atoms with Gasteiger partial charge in [0.05, 0.1) is 6.54 Å². The molecule has 0 heterocycles. The first-order chi connectivity index (χ1) is 9.54. The molecule has 0 fully saturated rings. The summed E-state index contributed by atoms with van der Waals surface area (Å²) in [5, 5.41) is 8.21. The molecule has 3 amide bonds. The molecular formula is C15H21N3O2. The Kier molecular flexibility index (Phi) is 4.61. The van der Waals surface area contributed by atoms with Gasteiger partial charge in [-0.25, -0.2) is 4.79 Å². The Hall–Kier alpha value is -2.04. The average molecular weight is 275 g/mol. The van der Waals surface area contributed by atoms with Gasteiger partial charge in [-0.2, -0.15) is 0 Å². The van der Waals surface area contributed by atoms with Crippen molar-refractivity contribution >= 4 is 11.9 Å². The van der Waals surface area contributed by atoms with Crippen LogP contribution in [0.3, 0.4) is 0 Å². The van der Waals surface area contributed by atoms with Crippen LogP contribution in [0.1, 0.15) is 25.0 Å². The smallest absolute Gasteiger partial charge is 0.315 e. The SMILES string of the molecule is CC(C)NC(=O)CNC(=O)NC1Cc2ccccc2C1. The number of urea groups is 1. The molecule has 1 aromatic rings. The molecule has 5 heteroatoms. The van der Waals surface area contributed by atoms with Crippen LogP contribution in [0.5, 0.6) is 0 Å². The average Bonchev–Trinajstić information content (AvgIpc) is 2.77. The van der Waals surface area contributed by atoms with Gasteiger partial charge in [-0.3, -0.25) is 4.79 Å². The predicted molar refractivity (Wildman–Crippen MR) is 77.5 cm³/mol. The summed E-state index contributed by atoms with van der Waals surface area (Å²) in [6, 6.07) is 8.10. The molecule has 20 heavy (non-hydrogen) atoms. The lowest BCUT2D eigenvalue weighted by atomic mass is 10.1. The predicted octanol–water partition coefficient (Wildman–Crippen LogP) is 0.978. The zero-order valence-corrected chi connectivity index (χ0v) is 11.9. The standard InChI is InChI=1S/C15H21N3O2/c1-10(2)17-14(19)9-16-15(20)18-13-7-11-5-3-4-6-12(11)8-13/h3-6,10,13H,7-9H2,1-2H3,(H,17,19)(H2,16,18,20). The number of rotatable bonds is 4. The first-order valence-electron chi connectivity index (χ1n) is 6.95. The van der Waals surface area contributed by atoms with E-state index in [1.165, 1.54) is 11.1 Å². The van der Waals surface area contributed by atoms with E-state index >= 15 is 0 Å². The lowest BCUT2D eigenvalue weighted by Gasteiger charge is -2.13. The van der Waals surface area contributed by atoms with E-state index in [4.69, 9.17) is 0 Å². The molecule has 1 aromatic carbocycles. The number of carbonyl (C=O) groups excluding carboxylic acids is 2. The van der Waals surface area contributed by atoms with Crippen molar-refractivity contribution in [2.24, 2.45) is 0 Å². The maximum atomic E-state index is 11.7. The Morgan fingerprint density at radius 1 is 1.20 bits per heavy atom. The summed E-state index contributed by atoms with van der Waals surface area (Å²) in [5.74, 6) is -0.176. The van der Waals surface area contributed by atoms with Crippen molar-refractivity contribution in [2.45, 2.75) is 38.8 Å². The van der Waals surface area contributed by atoms with E-state index < -0.39 is 0 Å². The fraction of sp³-hybridized carbons (Fsp3) is 0.467. The number of nitrogens with one attached hydrogen (secondary N) is 3. The molecule has 0 radical (unpaired) electrons. The molecule has 0 aromatic heterocycles. The molecule has 108 valence electrons. The molecule has 3 N–H and O–H groups in total. The Bertz CT molecular complexity index is 475. The normalized spacial score (nSPS) is 13.9. The van der Waals surface area contributed by atoms with Crippen LogP contribution in [0.4, 0.5) is 4.79 Å². The van der Waals surface area contributed by atoms with Gasteiger partial charge in [-0.15, -0.1) is 0 Å². The van der Waals surface area contributed by atoms with Crippen molar-refractivity contribution in [1.82, 2.24) is 16.0 Å². The van der Waals surface area contributed by atoms with E-state index in [1.54, 1.807) is 0 Å². The van der Waals surface area contributed by atoms with Crippen molar-refractivity contribution in [1.29, 1.82) is 0 Å². The summed E-state index contributed by atoms with van der Waals surface area (Å²) in [6.07, 6.45) is 1.70. The quantitative estimate of drug-likeness (QED) is 0.766. The van der Waals surface area contributed by atoms with E-state index in [0.29, 0.717) is 0 Å². The van der Waals surface area contributed by atoms with E-state index in [0.717, 1.165) is 12.8 Å². The molecule has 1 aliphatic carbocycles. The highest BCUT2D eigenvalue weighted by atomic mass is 16.2. The van der Waals surface area contributed by atoms with Crippen LogP contribution < -0.4 is 16.0 Å². The molecule has 0 saturated heterocycles. The molecule has 0 atom stereocenters. The Balaban J connectivity index is 1.73. The molecule has 0 bridgehead atoms. The number of amides is 3. The molecule has 0 spiro atoms. The van der Waals surface area contributed by atoms with Gasteiger partial charge in [0, 0.05) is 12.1 Å². The van der Waals surface area contributed by atoms with E-state index in [9.17, 15) is 9.59 Å². The Morgan fingerprint density at radius 3 is 2.35 bits per heavy atom. The second kappa shape index (κ2) is 6.41. The van der Waals surface area contributed by atoms with Gasteiger partial charge in [0.2, 0.25) is 5.91 Å². The fourth-order valence-electron chi connectivity index (χ4n) is 2.43. The summed E-state index contributed by atoms with van der Waals surface area (Å²) in [4.78, 5) is 23.2. The third-order valence-corrected chi connectivity index (χ3v) is 3.25. The van der Waals surface area contributed by atoms with Crippen molar-refractivity contribution in [3.05, 3.63) is 35.4 Å². The Labute approximate surface area is 119 Å². The van der Waals surface area contributed by atoms with Crippen LogP contribution in [0.2, 0.25) is 0 Å². The molecule has 1 aliphatic rings. The van der Waals surface area contributed by atoms with Crippen molar-refractivity contribution in [3.63, 3.8) is 0 Å². The summed E-state index contributed by atoms with van der Waals surface area (Å²) < 4.78 is 0. The van der Waals surface area contributed by atoms with Crippen LogP contribution >= 0.6 is 0 Å². The van der Waals surface area contributed by atoms with E-state index in [-0.39, 0.29) is 30.6 Å². The van der Waals surface area contributed by atoms with E-state index in [2.05, 4.69) is 28.1 Å². The summed E-state index contributed by atoms with van der Waals surface area (Å²) >= 11 is 0. The zero-order chi connectivity index (χ0) is 14.5. The van der Waals surface area contributed by atoms with Gasteiger partial charge in [0.1, 0.15) is 0 Å². The second-order valence-electron chi connectivity index (χ2n) is 5.42. The minimum atomic E-state index is -0.290. The van der Waals surface area contributed by atoms with Gasteiger partial charge >= 0.3 is 6.03 Å². The largest absolute Gasteiger partial charge is 0.352 e. The molecule has 0 unspecified atom stereocenters. The minimum absolute atomic E-state index is 0.00365. The number of fused-ring (bicyclic) bond motifs is 1. The second-order valence-corrected chi connectivity index (χ2v) is 5.42. The van der Waals surface area contributed by atoms with Crippen molar-refractivity contribution in [3.8, 4) is 0 Å². The van der Waals surface area contributed by atoms with Crippen molar-refractivity contribution < 1.29 is 9.59 Å². The first-order valence-corrected chi connectivity index (χ1v) is 6.95. The molecule has 0 aliphatic heterocycles. The lowest BCUT2D eigenvalue weighted by Crippen LogP contribution is -2.46. The third kappa shape index (κ3) is 3.98. The van der Waals surface area contributed by atoms with Gasteiger partial charge in [0.15, 0.2) is 0 Å². The maximum absolute atomic E-state index is 11.7. The number of hydrogen-bond donors (Lipinski definition) is 3. The van der Waals surface area contributed by atoms with Crippen molar-refractivity contribution in [2.75, 3.05) is 6.54 Å². The number of benzene rings is 1. The number of carbonyl (C=O) groups is 2. The topological polar surface area (TPSA) is 70.2 Å².